The number of carbonyl (C=O) groups is 1. The molecule has 2 saturated heterocycles. The Balaban J connectivity index is 1.67. The average Bonchev–Trinajstić information content (AvgIpc) is 3.07. The number of likely N-dealkylation sites (tertiary alicyclic amines) is 1. The third kappa shape index (κ3) is 4.27. The number of nitrogens with one attached hydrogen (secondary N) is 1. The molecule has 3 rings (SSSR count). The number of sulfonamides is 1. The van der Waals surface area contributed by atoms with E-state index in [-0.39, 0.29) is 22.9 Å². The highest BCUT2D eigenvalue weighted by molar-refractivity contribution is 7.89. The van der Waals surface area contributed by atoms with Crippen LogP contribution >= 0.6 is 0 Å². The Morgan fingerprint density at radius 3 is 2.19 bits per heavy atom. The molecular weight excluding hydrogens is 350 g/mol. The monoisotopic (exact) mass is 379 g/mol. The highest BCUT2D eigenvalue weighted by atomic mass is 32.2. The van der Waals surface area contributed by atoms with Gasteiger partial charge in [0.1, 0.15) is 0 Å². The van der Waals surface area contributed by atoms with Crippen LogP contribution in [0.5, 0.6) is 0 Å². The van der Waals surface area contributed by atoms with Crippen LogP contribution < -0.4 is 5.32 Å². The molecule has 0 spiro atoms. The lowest BCUT2D eigenvalue weighted by molar-refractivity contribution is -0.117. The number of benzene rings is 1. The third-order valence-corrected chi connectivity index (χ3v) is 7.53. The first-order valence-electron chi connectivity index (χ1n) is 9.54. The van der Waals surface area contributed by atoms with Crippen LogP contribution in [0, 0.1) is 0 Å². The van der Waals surface area contributed by atoms with Crippen LogP contribution in [0.1, 0.15) is 46.0 Å². The predicted molar refractivity (Wildman–Crippen MR) is 103 cm³/mol. The number of hydrogen-bond donors (Lipinski definition) is 1. The summed E-state index contributed by atoms with van der Waals surface area (Å²) in [6.07, 6.45) is 5.15. The van der Waals surface area contributed by atoms with Crippen LogP contribution in [-0.4, -0.2) is 55.2 Å². The number of carbonyl (C=O) groups excluding carboxylic acids is 1. The van der Waals surface area contributed by atoms with Crippen molar-refractivity contribution in [3.05, 3.63) is 24.3 Å². The van der Waals surface area contributed by atoms with E-state index in [9.17, 15) is 13.2 Å². The average molecular weight is 380 g/mol. The first-order chi connectivity index (χ1) is 12.4. The summed E-state index contributed by atoms with van der Waals surface area (Å²) in [7, 11) is -3.51. The van der Waals surface area contributed by atoms with Crippen LogP contribution in [0.2, 0.25) is 0 Å². The van der Waals surface area contributed by atoms with Crippen LogP contribution in [-0.2, 0) is 14.8 Å². The van der Waals surface area contributed by atoms with Crippen molar-refractivity contribution in [1.29, 1.82) is 0 Å². The minimum Gasteiger partial charge on any atom is -0.325 e. The molecule has 7 heteroatoms. The number of hydrogen-bond acceptors (Lipinski definition) is 4. The van der Waals surface area contributed by atoms with Gasteiger partial charge in [-0.25, -0.2) is 8.42 Å². The maximum absolute atomic E-state index is 13.0. The molecule has 0 bridgehead atoms. The van der Waals surface area contributed by atoms with Crippen molar-refractivity contribution in [2.45, 2.75) is 62.9 Å². The fraction of sp³-hybridized carbons (Fsp3) is 0.632. The number of amides is 1. The molecule has 2 unspecified atom stereocenters. The van der Waals surface area contributed by atoms with Crippen LogP contribution in [0.15, 0.2) is 29.2 Å². The van der Waals surface area contributed by atoms with E-state index in [0.29, 0.717) is 12.2 Å². The van der Waals surface area contributed by atoms with Gasteiger partial charge in [0, 0.05) is 17.8 Å². The van der Waals surface area contributed by atoms with E-state index in [1.807, 2.05) is 13.8 Å². The third-order valence-electron chi connectivity index (χ3n) is 5.39. The lowest BCUT2D eigenvalue weighted by Gasteiger charge is -2.37. The Kier molecular flexibility index (Phi) is 5.99. The topological polar surface area (TPSA) is 69.7 Å². The molecule has 1 aromatic carbocycles. The molecule has 0 radical (unpaired) electrons. The highest BCUT2D eigenvalue weighted by Gasteiger charge is 2.35. The van der Waals surface area contributed by atoms with E-state index in [1.54, 1.807) is 28.6 Å². The summed E-state index contributed by atoms with van der Waals surface area (Å²) < 4.78 is 27.6. The Morgan fingerprint density at radius 1 is 1.04 bits per heavy atom. The van der Waals surface area contributed by atoms with Crippen molar-refractivity contribution < 1.29 is 13.2 Å². The summed E-state index contributed by atoms with van der Waals surface area (Å²) in [6, 6.07) is 6.57. The van der Waals surface area contributed by atoms with Crippen molar-refractivity contribution >= 4 is 21.6 Å². The zero-order valence-corrected chi connectivity index (χ0v) is 16.5. The maximum atomic E-state index is 13.0. The lowest BCUT2D eigenvalue weighted by Crippen LogP contribution is -2.47. The molecule has 6 nitrogen and oxygen atoms in total. The van der Waals surface area contributed by atoms with Gasteiger partial charge < -0.3 is 5.32 Å². The second kappa shape index (κ2) is 8.06. The van der Waals surface area contributed by atoms with E-state index in [2.05, 4.69) is 10.2 Å². The van der Waals surface area contributed by atoms with E-state index < -0.39 is 10.0 Å². The summed E-state index contributed by atoms with van der Waals surface area (Å²) in [5, 5.41) is 2.86. The summed E-state index contributed by atoms with van der Waals surface area (Å²) in [6.45, 7) is 6.27. The van der Waals surface area contributed by atoms with Crippen LogP contribution in [0.3, 0.4) is 0 Å². The first kappa shape index (κ1) is 19.3. The van der Waals surface area contributed by atoms with Gasteiger partial charge in [-0.15, -0.1) is 0 Å². The van der Waals surface area contributed by atoms with Gasteiger partial charge in [-0.3, -0.25) is 9.69 Å². The van der Waals surface area contributed by atoms with Gasteiger partial charge in [-0.2, -0.15) is 4.31 Å². The summed E-state index contributed by atoms with van der Waals surface area (Å²) in [5.74, 6) is -0.0548. The molecule has 2 fully saturated rings. The molecule has 26 heavy (non-hydrogen) atoms. The molecule has 2 aliphatic heterocycles. The Bertz CT molecular complexity index is 717. The van der Waals surface area contributed by atoms with Crippen molar-refractivity contribution in [1.82, 2.24) is 9.21 Å². The summed E-state index contributed by atoms with van der Waals surface area (Å²) in [5.41, 5.74) is 0.632. The van der Waals surface area contributed by atoms with E-state index >= 15 is 0 Å². The van der Waals surface area contributed by atoms with Gasteiger partial charge in [-0.1, -0.05) is 6.42 Å². The quantitative estimate of drug-likeness (QED) is 0.854. The Labute approximate surface area is 156 Å². The molecule has 1 aromatic rings. The van der Waals surface area contributed by atoms with Crippen molar-refractivity contribution in [2.24, 2.45) is 0 Å². The minimum atomic E-state index is -3.51. The molecule has 144 valence electrons. The number of rotatable bonds is 5. The van der Waals surface area contributed by atoms with Gasteiger partial charge >= 0.3 is 0 Å². The van der Waals surface area contributed by atoms with Gasteiger partial charge in [0.15, 0.2) is 0 Å². The second-order valence-corrected chi connectivity index (χ2v) is 9.36. The molecular formula is C19H29N3O3S. The minimum absolute atomic E-state index is 0.0172. The molecule has 0 saturated carbocycles. The number of anilines is 1. The highest BCUT2D eigenvalue weighted by Crippen LogP contribution is 2.29. The Hall–Kier alpha value is -1.44. The normalized spacial score (nSPS) is 25.3. The largest absolute Gasteiger partial charge is 0.325 e. The van der Waals surface area contributed by atoms with Gasteiger partial charge in [-0.05, 0) is 76.9 Å². The fourth-order valence-corrected chi connectivity index (χ4v) is 5.93. The van der Waals surface area contributed by atoms with Crippen molar-refractivity contribution in [3.63, 3.8) is 0 Å². The predicted octanol–water partition coefficient (Wildman–Crippen LogP) is 2.67. The van der Waals surface area contributed by atoms with E-state index in [1.165, 1.54) is 0 Å². The SMILES string of the molecule is CC1CCCC(C)N1S(=O)(=O)c1ccc(NC(=O)CN2CCCC2)cc1. The summed E-state index contributed by atoms with van der Waals surface area (Å²) in [4.78, 5) is 14.5. The zero-order chi connectivity index (χ0) is 18.7. The molecule has 2 aliphatic rings. The fourth-order valence-electron chi connectivity index (χ4n) is 4.05. The Morgan fingerprint density at radius 2 is 1.62 bits per heavy atom. The maximum Gasteiger partial charge on any atom is 0.243 e. The number of nitrogens with zero attached hydrogens (tertiary/aromatic N) is 2. The van der Waals surface area contributed by atoms with Crippen molar-refractivity contribution in [2.75, 3.05) is 25.0 Å². The zero-order valence-electron chi connectivity index (χ0n) is 15.6. The standard InChI is InChI=1S/C19H29N3O3S/c1-15-6-5-7-16(2)22(15)26(24,25)18-10-8-17(9-11-18)20-19(23)14-21-12-3-4-13-21/h8-11,15-16H,3-7,12-14H2,1-2H3,(H,20,23). The van der Waals surface area contributed by atoms with Gasteiger partial charge in [0.2, 0.25) is 15.9 Å². The molecule has 1 N–H and O–H groups in total. The lowest BCUT2D eigenvalue weighted by atomic mass is 10.0. The van der Waals surface area contributed by atoms with Crippen LogP contribution in [0.25, 0.3) is 0 Å². The summed E-state index contributed by atoms with van der Waals surface area (Å²) >= 11 is 0. The smallest absolute Gasteiger partial charge is 0.243 e. The molecule has 0 aromatic heterocycles. The number of piperidine rings is 1. The molecule has 2 heterocycles. The first-order valence-corrected chi connectivity index (χ1v) is 11.0. The van der Waals surface area contributed by atoms with Crippen LogP contribution in [0.4, 0.5) is 5.69 Å². The molecule has 1 amide bonds. The molecule has 0 aliphatic carbocycles. The molecule has 2 atom stereocenters. The van der Waals surface area contributed by atoms with Gasteiger partial charge in [0.05, 0.1) is 11.4 Å². The van der Waals surface area contributed by atoms with E-state index in [4.69, 9.17) is 0 Å². The second-order valence-electron chi connectivity index (χ2n) is 7.52. The van der Waals surface area contributed by atoms with E-state index in [0.717, 1.165) is 45.2 Å². The van der Waals surface area contributed by atoms with Crippen molar-refractivity contribution in [3.8, 4) is 0 Å². The van der Waals surface area contributed by atoms with Gasteiger partial charge in [0.25, 0.3) is 0 Å².